The van der Waals surface area contributed by atoms with Crippen LogP contribution in [0.1, 0.15) is 25.3 Å². The maximum Gasteiger partial charge on any atom is 0.227 e. The zero-order chi connectivity index (χ0) is 22.5. The second-order valence-electron chi connectivity index (χ2n) is 7.72. The molecular weight excluding hydrogens is 404 g/mol. The Morgan fingerprint density at radius 2 is 1.91 bits per heavy atom. The highest BCUT2D eigenvalue weighted by molar-refractivity contribution is 5.96. The third-order valence-corrected chi connectivity index (χ3v) is 5.78. The average Bonchev–Trinajstić information content (AvgIpc) is 2.84. The predicted octanol–water partition coefficient (Wildman–Crippen LogP) is 4.37. The molecule has 7 nitrogen and oxygen atoms in total. The molecule has 1 amide bonds. The number of pyridine rings is 1. The van der Waals surface area contributed by atoms with Crippen molar-refractivity contribution in [3.8, 4) is 17.6 Å². The molecule has 1 N–H and O–H groups in total. The Labute approximate surface area is 187 Å². The molecule has 1 fully saturated rings. The number of ether oxygens (including phenoxy) is 2. The average molecular weight is 431 g/mol. The number of methoxy groups -OCH3 is 1. The van der Waals surface area contributed by atoms with Gasteiger partial charge < -0.3 is 19.7 Å². The normalized spacial score (nSPS) is 14.1. The summed E-state index contributed by atoms with van der Waals surface area (Å²) in [7, 11) is 1.62. The summed E-state index contributed by atoms with van der Waals surface area (Å²) >= 11 is 0. The zero-order valence-electron chi connectivity index (χ0n) is 18.3. The zero-order valence-corrected chi connectivity index (χ0v) is 18.3. The van der Waals surface area contributed by atoms with Crippen LogP contribution in [0.5, 0.6) is 11.5 Å². The minimum absolute atomic E-state index is 0.0265. The number of aromatic nitrogens is 1. The lowest BCUT2D eigenvalue weighted by Crippen LogP contribution is -2.38. The van der Waals surface area contributed by atoms with Gasteiger partial charge in [-0.15, -0.1) is 0 Å². The number of benzene rings is 2. The van der Waals surface area contributed by atoms with Crippen molar-refractivity contribution in [3.05, 3.63) is 54.2 Å². The van der Waals surface area contributed by atoms with Gasteiger partial charge in [0.25, 0.3) is 0 Å². The first-order valence-corrected chi connectivity index (χ1v) is 10.8. The van der Waals surface area contributed by atoms with E-state index in [1.807, 2.05) is 49.4 Å². The molecule has 0 unspecified atom stereocenters. The standard InChI is InChI=1S/C25H26N4O3/c1-3-32-20-6-4-19(5-7-20)28-25(30)17-10-12-29(13-11-17)24-18(15-26)16-27-23-14-21(31-2)8-9-22(23)24/h4-9,14,16-17H,3,10-13H2,1-2H3,(H,28,30). The molecule has 0 bridgehead atoms. The van der Waals surface area contributed by atoms with Gasteiger partial charge in [-0.25, -0.2) is 0 Å². The summed E-state index contributed by atoms with van der Waals surface area (Å²) in [5, 5.41) is 13.6. The minimum Gasteiger partial charge on any atom is -0.497 e. The number of nitrogens with one attached hydrogen (secondary N) is 1. The van der Waals surface area contributed by atoms with Crippen molar-refractivity contribution >= 4 is 28.2 Å². The first kappa shape index (κ1) is 21.4. The van der Waals surface area contributed by atoms with E-state index in [4.69, 9.17) is 9.47 Å². The molecule has 0 atom stereocenters. The molecule has 1 aliphatic rings. The van der Waals surface area contributed by atoms with E-state index >= 15 is 0 Å². The molecule has 1 aliphatic heterocycles. The maximum absolute atomic E-state index is 12.8. The molecule has 0 saturated carbocycles. The highest BCUT2D eigenvalue weighted by atomic mass is 16.5. The third kappa shape index (κ3) is 4.45. The van der Waals surface area contributed by atoms with Crippen LogP contribution in [0.25, 0.3) is 10.9 Å². The number of carbonyl (C=O) groups excluding carboxylic acids is 1. The van der Waals surface area contributed by atoms with Gasteiger partial charge in [0.1, 0.15) is 17.6 Å². The van der Waals surface area contributed by atoms with Crippen LogP contribution in [-0.4, -0.2) is 37.7 Å². The SMILES string of the molecule is CCOc1ccc(NC(=O)C2CCN(c3c(C#N)cnc4cc(OC)ccc34)CC2)cc1. The van der Waals surface area contributed by atoms with E-state index in [1.165, 1.54) is 0 Å². The molecule has 0 spiro atoms. The van der Waals surface area contributed by atoms with Gasteiger partial charge in [0.2, 0.25) is 5.91 Å². The Hall–Kier alpha value is -3.79. The van der Waals surface area contributed by atoms with Gasteiger partial charge in [-0.3, -0.25) is 9.78 Å². The summed E-state index contributed by atoms with van der Waals surface area (Å²) in [4.78, 5) is 19.4. The molecule has 3 aromatic rings. The summed E-state index contributed by atoms with van der Waals surface area (Å²) in [6.07, 6.45) is 3.04. The lowest BCUT2D eigenvalue weighted by molar-refractivity contribution is -0.120. The second kappa shape index (κ2) is 9.56. The molecular formula is C25H26N4O3. The Bertz CT molecular complexity index is 1150. The van der Waals surface area contributed by atoms with E-state index in [2.05, 4.69) is 21.3 Å². The van der Waals surface area contributed by atoms with Crippen LogP contribution < -0.4 is 19.7 Å². The number of amides is 1. The van der Waals surface area contributed by atoms with Gasteiger partial charge in [-0.05, 0) is 56.2 Å². The number of nitriles is 1. The van der Waals surface area contributed by atoms with Crippen molar-refractivity contribution in [1.82, 2.24) is 4.98 Å². The second-order valence-corrected chi connectivity index (χ2v) is 7.72. The highest BCUT2D eigenvalue weighted by Crippen LogP contribution is 2.34. The van der Waals surface area contributed by atoms with Crippen molar-refractivity contribution in [2.24, 2.45) is 5.92 Å². The number of nitrogens with zero attached hydrogens (tertiary/aromatic N) is 3. The summed E-state index contributed by atoms with van der Waals surface area (Å²) in [5.74, 6) is 1.47. The Balaban J connectivity index is 1.46. The van der Waals surface area contributed by atoms with Gasteiger partial charge in [0, 0.05) is 42.3 Å². The van der Waals surface area contributed by atoms with E-state index in [9.17, 15) is 10.1 Å². The Morgan fingerprint density at radius 3 is 2.56 bits per heavy atom. The van der Waals surface area contributed by atoms with Crippen LogP contribution in [0.15, 0.2) is 48.7 Å². The first-order chi connectivity index (χ1) is 15.6. The van der Waals surface area contributed by atoms with Crippen LogP contribution in [0.3, 0.4) is 0 Å². The first-order valence-electron chi connectivity index (χ1n) is 10.8. The number of anilines is 2. The molecule has 164 valence electrons. The highest BCUT2D eigenvalue weighted by Gasteiger charge is 2.27. The fraction of sp³-hybridized carbons (Fsp3) is 0.320. The summed E-state index contributed by atoms with van der Waals surface area (Å²) < 4.78 is 10.7. The van der Waals surface area contributed by atoms with Crippen LogP contribution in [-0.2, 0) is 4.79 Å². The van der Waals surface area contributed by atoms with Crippen LogP contribution >= 0.6 is 0 Å². The number of hydrogen-bond donors (Lipinski definition) is 1. The van der Waals surface area contributed by atoms with Crippen LogP contribution in [0, 0.1) is 17.2 Å². The van der Waals surface area contributed by atoms with E-state index in [-0.39, 0.29) is 11.8 Å². The van der Waals surface area contributed by atoms with Crippen molar-refractivity contribution in [3.63, 3.8) is 0 Å². The quantitative estimate of drug-likeness (QED) is 0.625. The molecule has 32 heavy (non-hydrogen) atoms. The van der Waals surface area contributed by atoms with Crippen molar-refractivity contribution < 1.29 is 14.3 Å². The largest absolute Gasteiger partial charge is 0.497 e. The molecule has 0 radical (unpaired) electrons. The Kier molecular flexibility index (Phi) is 6.41. The van der Waals surface area contributed by atoms with Crippen LogP contribution in [0.2, 0.25) is 0 Å². The fourth-order valence-electron chi connectivity index (χ4n) is 4.12. The number of piperidine rings is 1. The summed E-state index contributed by atoms with van der Waals surface area (Å²) in [6.45, 7) is 3.94. The molecule has 2 aromatic carbocycles. The number of rotatable bonds is 6. The Morgan fingerprint density at radius 1 is 1.19 bits per heavy atom. The van der Waals surface area contributed by atoms with Gasteiger partial charge in [-0.1, -0.05) is 0 Å². The lowest BCUT2D eigenvalue weighted by atomic mass is 9.94. The monoisotopic (exact) mass is 430 g/mol. The topological polar surface area (TPSA) is 87.5 Å². The number of carbonyl (C=O) groups is 1. The molecule has 1 aromatic heterocycles. The van der Waals surface area contributed by atoms with E-state index in [1.54, 1.807) is 13.3 Å². The van der Waals surface area contributed by atoms with Crippen LogP contribution in [0.4, 0.5) is 11.4 Å². The summed E-state index contributed by atoms with van der Waals surface area (Å²) in [6, 6.07) is 15.4. The number of fused-ring (bicyclic) bond motifs is 1. The molecule has 2 heterocycles. The van der Waals surface area contributed by atoms with E-state index in [0.29, 0.717) is 38.1 Å². The molecule has 0 aliphatic carbocycles. The van der Waals surface area contributed by atoms with Gasteiger partial charge in [0.15, 0.2) is 0 Å². The molecule has 4 rings (SSSR count). The van der Waals surface area contributed by atoms with Crippen molar-refractivity contribution in [1.29, 1.82) is 5.26 Å². The lowest BCUT2D eigenvalue weighted by Gasteiger charge is -2.34. The maximum atomic E-state index is 12.8. The predicted molar refractivity (Wildman–Crippen MR) is 124 cm³/mol. The molecule has 7 heteroatoms. The number of hydrogen-bond acceptors (Lipinski definition) is 6. The fourth-order valence-corrected chi connectivity index (χ4v) is 4.12. The smallest absolute Gasteiger partial charge is 0.227 e. The van der Waals surface area contributed by atoms with E-state index in [0.717, 1.165) is 33.8 Å². The third-order valence-electron chi connectivity index (χ3n) is 5.78. The van der Waals surface area contributed by atoms with Crippen molar-refractivity contribution in [2.75, 3.05) is 37.0 Å². The van der Waals surface area contributed by atoms with Gasteiger partial charge in [-0.2, -0.15) is 5.26 Å². The summed E-state index contributed by atoms with van der Waals surface area (Å²) in [5.41, 5.74) is 2.97. The molecule has 1 saturated heterocycles. The van der Waals surface area contributed by atoms with Gasteiger partial charge >= 0.3 is 0 Å². The minimum atomic E-state index is -0.0726. The van der Waals surface area contributed by atoms with E-state index < -0.39 is 0 Å². The van der Waals surface area contributed by atoms with Gasteiger partial charge in [0.05, 0.1) is 30.5 Å². The van der Waals surface area contributed by atoms with Crippen molar-refractivity contribution in [2.45, 2.75) is 19.8 Å².